The Kier molecular flexibility index (Phi) is 4.71. The molecule has 0 aliphatic carbocycles. The molecule has 0 saturated carbocycles. The molecule has 1 aromatic heterocycles. The molecule has 0 radical (unpaired) electrons. The van der Waals surface area contributed by atoms with Gasteiger partial charge < -0.3 is 9.42 Å². The highest BCUT2D eigenvalue weighted by Crippen LogP contribution is 2.32. The quantitative estimate of drug-likeness (QED) is 0.708. The zero-order valence-electron chi connectivity index (χ0n) is 15.0. The fourth-order valence-electron chi connectivity index (χ4n) is 3.50. The summed E-state index contributed by atoms with van der Waals surface area (Å²) in [7, 11) is 0. The van der Waals surface area contributed by atoms with Crippen molar-refractivity contribution in [1.29, 1.82) is 0 Å². The average molecular weight is 365 g/mol. The standard InChI is InChI=1S/C21H20FN3O2/c1-14-12-25(19(26)11-16-9-5-6-10-18(16)22)13-17(14)21-23-20(24-27-21)15-7-3-2-4-8-15/h2-10,14,17H,11-13H2,1H3/t14-,17-/m0/s1. The highest BCUT2D eigenvalue weighted by atomic mass is 19.1. The number of likely N-dealkylation sites (tertiary alicyclic amines) is 1. The second kappa shape index (κ2) is 7.31. The molecule has 1 aliphatic heterocycles. The van der Waals surface area contributed by atoms with Gasteiger partial charge in [-0.1, -0.05) is 60.6 Å². The topological polar surface area (TPSA) is 59.2 Å². The lowest BCUT2D eigenvalue weighted by Gasteiger charge is -2.16. The Morgan fingerprint density at radius 3 is 2.67 bits per heavy atom. The Morgan fingerprint density at radius 2 is 1.89 bits per heavy atom. The number of rotatable bonds is 4. The van der Waals surface area contributed by atoms with E-state index in [4.69, 9.17) is 4.52 Å². The van der Waals surface area contributed by atoms with Gasteiger partial charge in [-0.15, -0.1) is 0 Å². The Bertz CT molecular complexity index is 941. The first-order chi connectivity index (χ1) is 13.1. The van der Waals surface area contributed by atoms with Gasteiger partial charge in [-0.05, 0) is 17.5 Å². The summed E-state index contributed by atoms with van der Waals surface area (Å²) in [6.45, 7) is 3.17. The second-order valence-corrected chi connectivity index (χ2v) is 6.97. The number of halogens is 1. The molecule has 1 saturated heterocycles. The van der Waals surface area contributed by atoms with Gasteiger partial charge in [0.15, 0.2) is 0 Å². The first kappa shape index (κ1) is 17.4. The third kappa shape index (κ3) is 3.60. The summed E-state index contributed by atoms with van der Waals surface area (Å²) in [5.74, 6) is 0.839. The molecule has 4 rings (SSSR count). The van der Waals surface area contributed by atoms with Crippen LogP contribution in [0.25, 0.3) is 11.4 Å². The summed E-state index contributed by atoms with van der Waals surface area (Å²) in [6, 6.07) is 16.0. The van der Waals surface area contributed by atoms with Crippen LogP contribution in [0.3, 0.4) is 0 Å². The van der Waals surface area contributed by atoms with E-state index in [1.807, 2.05) is 30.3 Å². The summed E-state index contributed by atoms with van der Waals surface area (Å²) in [4.78, 5) is 18.9. The van der Waals surface area contributed by atoms with E-state index >= 15 is 0 Å². The molecule has 0 bridgehead atoms. The molecule has 1 fully saturated rings. The van der Waals surface area contributed by atoms with Crippen LogP contribution in [0.1, 0.15) is 24.3 Å². The molecule has 0 unspecified atom stereocenters. The number of aromatic nitrogens is 2. The van der Waals surface area contributed by atoms with Crippen molar-refractivity contribution < 1.29 is 13.7 Å². The van der Waals surface area contributed by atoms with Crippen LogP contribution in [0.5, 0.6) is 0 Å². The van der Waals surface area contributed by atoms with E-state index in [2.05, 4.69) is 17.1 Å². The van der Waals surface area contributed by atoms with Crippen LogP contribution in [0.2, 0.25) is 0 Å². The number of hydrogen-bond acceptors (Lipinski definition) is 4. The molecule has 2 aromatic carbocycles. The van der Waals surface area contributed by atoms with Crippen LogP contribution in [0.4, 0.5) is 4.39 Å². The van der Waals surface area contributed by atoms with Crippen molar-refractivity contribution in [2.45, 2.75) is 19.3 Å². The molecule has 2 heterocycles. The second-order valence-electron chi connectivity index (χ2n) is 6.97. The Morgan fingerprint density at radius 1 is 1.15 bits per heavy atom. The number of benzene rings is 2. The fraction of sp³-hybridized carbons (Fsp3) is 0.286. The van der Waals surface area contributed by atoms with Crippen molar-refractivity contribution in [3.63, 3.8) is 0 Å². The number of hydrogen-bond donors (Lipinski definition) is 0. The summed E-state index contributed by atoms with van der Waals surface area (Å²) >= 11 is 0. The highest BCUT2D eigenvalue weighted by Gasteiger charge is 2.37. The molecule has 2 atom stereocenters. The first-order valence-corrected chi connectivity index (χ1v) is 9.02. The number of carbonyl (C=O) groups excluding carboxylic acids is 1. The van der Waals surface area contributed by atoms with Crippen molar-refractivity contribution in [1.82, 2.24) is 15.0 Å². The Labute approximate surface area is 156 Å². The molecule has 1 amide bonds. The zero-order chi connectivity index (χ0) is 18.8. The fourth-order valence-corrected chi connectivity index (χ4v) is 3.50. The lowest BCUT2D eigenvalue weighted by Crippen LogP contribution is -2.30. The molecule has 3 aromatic rings. The van der Waals surface area contributed by atoms with Crippen LogP contribution in [-0.4, -0.2) is 34.0 Å². The molecule has 27 heavy (non-hydrogen) atoms. The average Bonchev–Trinajstić information content (AvgIpc) is 3.31. The van der Waals surface area contributed by atoms with E-state index in [1.54, 1.807) is 23.1 Å². The van der Waals surface area contributed by atoms with Crippen LogP contribution in [-0.2, 0) is 11.2 Å². The zero-order valence-corrected chi connectivity index (χ0v) is 15.0. The third-order valence-corrected chi connectivity index (χ3v) is 5.06. The number of carbonyl (C=O) groups is 1. The first-order valence-electron chi connectivity index (χ1n) is 9.02. The minimum atomic E-state index is -0.348. The molecule has 0 spiro atoms. The van der Waals surface area contributed by atoms with Crippen molar-refractivity contribution in [2.75, 3.05) is 13.1 Å². The van der Waals surface area contributed by atoms with E-state index in [1.165, 1.54) is 6.07 Å². The maximum Gasteiger partial charge on any atom is 0.232 e. The van der Waals surface area contributed by atoms with Gasteiger partial charge in [-0.2, -0.15) is 4.98 Å². The van der Waals surface area contributed by atoms with Crippen LogP contribution >= 0.6 is 0 Å². The maximum atomic E-state index is 13.8. The molecule has 0 N–H and O–H groups in total. The monoisotopic (exact) mass is 365 g/mol. The van der Waals surface area contributed by atoms with E-state index in [-0.39, 0.29) is 30.0 Å². The van der Waals surface area contributed by atoms with Gasteiger partial charge in [-0.3, -0.25) is 4.79 Å². The number of nitrogens with zero attached hydrogens (tertiary/aromatic N) is 3. The van der Waals surface area contributed by atoms with Crippen molar-refractivity contribution in [3.05, 3.63) is 71.9 Å². The van der Waals surface area contributed by atoms with Crippen LogP contribution in [0, 0.1) is 11.7 Å². The Hall–Kier alpha value is -3.02. The van der Waals surface area contributed by atoms with E-state index in [0.717, 1.165) is 5.56 Å². The predicted octanol–water partition coefficient (Wildman–Crippen LogP) is 3.68. The smallest absolute Gasteiger partial charge is 0.232 e. The van der Waals surface area contributed by atoms with Crippen molar-refractivity contribution in [3.8, 4) is 11.4 Å². The molecular formula is C21H20FN3O2. The third-order valence-electron chi connectivity index (χ3n) is 5.06. The van der Waals surface area contributed by atoms with E-state index < -0.39 is 0 Å². The van der Waals surface area contributed by atoms with Gasteiger partial charge >= 0.3 is 0 Å². The lowest BCUT2D eigenvalue weighted by molar-refractivity contribution is -0.129. The molecule has 6 heteroatoms. The van der Waals surface area contributed by atoms with Gasteiger partial charge in [-0.25, -0.2) is 4.39 Å². The van der Waals surface area contributed by atoms with Crippen LogP contribution < -0.4 is 0 Å². The highest BCUT2D eigenvalue weighted by molar-refractivity contribution is 5.79. The molecule has 5 nitrogen and oxygen atoms in total. The lowest BCUT2D eigenvalue weighted by atomic mass is 9.98. The molecule has 138 valence electrons. The Balaban J connectivity index is 1.46. The van der Waals surface area contributed by atoms with E-state index in [0.29, 0.717) is 30.4 Å². The maximum absolute atomic E-state index is 13.8. The summed E-state index contributed by atoms with van der Waals surface area (Å²) in [6.07, 6.45) is 0.0607. The SMILES string of the molecule is C[C@H]1CN(C(=O)Cc2ccccc2F)C[C@@H]1c1nc(-c2ccccc2)no1. The van der Waals surface area contributed by atoms with Crippen molar-refractivity contribution >= 4 is 5.91 Å². The van der Waals surface area contributed by atoms with Gasteiger partial charge in [0, 0.05) is 18.7 Å². The minimum absolute atomic E-state index is 0.0143. The van der Waals surface area contributed by atoms with Crippen molar-refractivity contribution in [2.24, 2.45) is 5.92 Å². The molecular weight excluding hydrogens is 345 g/mol. The van der Waals surface area contributed by atoms with Gasteiger partial charge in [0.2, 0.25) is 17.6 Å². The molecule has 1 aliphatic rings. The minimum Gasteiger partial charge on any atom is -0.341 e. The van der Waals surface area contributed by atoms with Gasteiger partial charge in [0.1, 0.15) is 5.82 Å². The normalized spacial score (nSPS) is 19.4. The van der Waals surface area contributed by atoms with Crippen LogP contribution in [0.15, 0.2) is 59.1 Å². The van der Waals surface area contributed by atoms with Gasteiger partial charge in [0.05, 0.1) is 12.3 Å². The summed E-state index contributed by atoms with van der Waals surface area (Å²) in [5.41, 5.74) is 1.31. The van der Waals surface area contributed by atoms with Gasteiger partial charge in [0.25, 0.3) is 0 Å². The summed E-state index contributed by atoms with van der Waals surface area (Å²) in [5, 5.41) is 4.08. The largest absolute Gasteiger partial charge is 0.341 e. The summed E-state index contributed by atoms with van der Waals surface area (Å²) < 4.78 is 19.3. The predicted molar refractivity (Wildman–Crippen MR) is 98.3 cm³/mol. The number of amides is 1. The van der Waals surface area contributed by atoms with E-state index in [9.17, 15) is 9.18 Å².